The van der Waals surface area contributed by atoms with E-state index in [2.05, 4.69) is 13.8 Å². The summed E-state index contributed by atoms with van der Waals surface area (Å²) < 4.78 is 15.9. The summed E-state index contributed by atoms with van der Waals surface area (Å²) in [5.74, 6) is -0.112. The van der Waals surface area contributed by atoms with Crippen molar-refractivity contribution in [1.82, 2.24) is 0 Å². The van der Waals surface area contributed by atoms with Gasteiger partial charge in [-0.25, -0.2) is 0 Å². The van der Waals surface area contributed by atoms with Crippen LogP contribution in [0, 0.1) is 5.92 Å². The van der Waals surface area contributed by atoms with E-state index in [1.165, 1.54) is 0 Å². The third-order valence-electron chi connectivity index (χ3n) is 2.26. The minimum absolute atomic E-state index is 0.157. The molecule has 0 rings (SSSR count). The van der Waals surface area contributed by atoms with Crippen molar-refractivity contribution < 1.29 is 24.1 Å². The van der Waals surface area contributed by atoms with Crippen LogP contribution in [0.4, 0.5) is 0 Å². The number of carboxylic acids is 1. The van der Waals surface area contributed by atoms with Gasteiger partial charge in [0.15, 0.2) is 0 Å². The fourth-order valence-electron chi connectivity index (χ4n) is 1.19. The topological polar surface area (TPSA) is 65.0 Å². The molecule has 1 N–H and O–H groups in total. The molecule has 0 aliphatic heterocycles. The summed E-state index contributed by atoms with van der Waals surface area (Å²) in [5.41, 5.74) is 0. The van der Waals surface area contributed by atoms with Crippen LogP contribution in [0.15, 0.2) is 0 Å². The Balaban J connectivity index is 2.97. The molecule has 18 heavy (non-hydrogen) atoms. The van der Waals surface area contributed by atoms with Crippen LogP contribution in [0.5, 0.6) is 0 Å². The van der Waals surface area contributed by atoms with Gasteiger partial charge in [-0.05, 0) is 18.8 Å². The van der Waals surface area contributed by atoms with Crippen molar-refractivity contribution in [2.75, 3.05) is 39.6 Å². The van der Waals surface area contributed by atoms with Gasteiger partial charge in [0.1, 0.15) is 0 Å². The molecular formula is C13H26O5. The van der Waals surface area contributed by atoms with E-state index >= 15 is 0 Å². The highest BCUT2D eigenvalue weighted by molar-refractivity contribution is 5.66. The van der Waals surface area contributed by atoms with E-state index in [-0.39, 0.29) is 6.42 Å². The molecule has 0 fully saturated rings. The molecule has 0 spiro atoms. The van der Waals surface area contributed by atoms with Gasteiger partial charge in [-0.3, -0.25) is 4.79 Å². The molecule has 0 unspecified atom stereocenters. The Bertz CT molecular complexity index is 194. The van der Waals surface area contributed by atoms with Crippen LogP contribution in [-0.2, 0) is 19.0 Å². The molecule has 0 heterocycles. The van der Waals surface area contributed by atoms with Crippen molar-refractivity contribution in [3.8, 4) is 0 Å². The van der Waals surface area contributed by atoms with Gasteiger partial charge in [-0.15, -0.1) is 0 Å². The van der Waals surface area contributed by atoms with Crippen molar-refractivity contribution in [1.29, 1.82) is 0 Å². The van der Waals surface area contributed by atoms with Gasteiger partial charge in [0.2, 0.25) is 0 Å². The van der Waals surface area contributed by atoms with Crippen molar-refractivity contribution in [3.63, 3.8) is 0 Å². The monoisotopic (exact) mass is 262 g/mol. The summed E-state index contributed by atoms with van der Waals surface area (Å²) in [5, 5.41) is 8.40. The maximum Gasteiger partial charge on any atom is 0.303 e. The molecule has 108 valence electrons. The van der Waals surface area contributed by atoms with Gasteiger partial charge in [0.25, 0.3) is 0 Å². The molecule has 5 heteroatoms. The molecule has 0 bridgehead atoms. The molecule has 0 radical (unpaired) electrons. The number of carboxylic acid groups (broad SMARTS) is 1. The highest BCUT2D eigenvalue weighted by Crippen LogP contribution is 1.98. The lowest BCUT2D eigenvalue weighted by Crippen LogP contribution is -2.11. The molecule has 0 saturated heterocycles. The normalized spacial score (nSPS) is 11.1. The number of ether oxygens (including phenoxy) is 3. The Hall–Kier alpha value is -0.650. The van der Waals surface area contributed by atoms with Crippen molar-refractivity contribution >= 4 is 5.97 Å². The highest BCUT2D eigenvalue weighted by Gasteiger charge is 1.97. The van der Waals surface area contributed by atoms with Crippen LogP contribution in [0.25, 0.3) is 0 Å². The average molecular weight is 262 g/mol. The quantitative estimate of drug-likeness (QED) is 0.514. The van der Waals surface area contributed by atoms with Gasteiger partial charge in [0.05, 0.1) is 26.4 Å². The predicted molar refractivity (Wildman–Crippen MR) is 68.8 cm³/mol. The second kappa shape index (κ2) is 12.8. The molecule has 0 aromatic carbocycles. The molecule has 0 aromatic heterocycles. The third-order valence-corrected chi connectivity index (χ3v) is 2.26. The number of hydrogen-bond acceptors (Lipinski definition) is 4. The van der Waals surface area contributed by atoms with Crippen molar-refractivity contribution in [3.05, 3.63) is 0 Å². The minimum Gasteiger partial charge on any atom is -0.481 e. The second-order valence-corrected chi connectivity index (χ2v) is 4.52. The predicted octanol–water partition coefficient (Wildman–Crippen LogP) is 1.95. The number of carbonyl (C=O) groups is 1. The van der Waals surface area contributed by atoms with E-state index in [4.69, 9.17) is 19.3 Å². The molecule has 0 saturated carbocycles. The van der Waals surface area contributed by atoms with Crippen molar-refractivity contribution in [2.45, 2.75) is 33.1 Å². The zero-order chi connectivity index (χ0) is 13.6. The Morgan fingerprint density at radius 1 is 0.944 bits per heavy atom. The zero-order valence-electron chi connectivity index (χ0n) is 11.5. The molecule has 5 nitrogen and oxygen atoms in total. The summed E-state index contributed by atoms with van der Waals surface area (Å²) in [6.07, 6.45) is 1.78. The third kappa shape index (κ3) is 15.4. The lowest BCUT2D eigenvalue weighted by molar-refractivity contribution is -0.137. The van der Waals surface area contributed by atoms with E-state index in [1.807, 2.05) is 0 Å². The maximum atomic E-state index is 10.2. The van der Waals surface area contributed by atoms with Crippen LogP contribution in [0.3, 0.4) is 0 Å². The van der Waals surface area contributed by atoms with Crippen LogP contribution >= 0.6 is 0 Å². The first-order valence-corrected chi connectivity index (χ1v) is 6.58. The summed E-state index contributed by atoms with van der Waals surface area (Å²) in [6.45, 7) is 7.82. The zero-order valence-corrected chi connectivity index (χ0v) is 11.5. The Morgan fingerprint density at radius 2 is 1.44 bits per heavy atom. The van der Waals surface area contributed by atoms with Gasteiger partial charge >= 0.3 is 5.97 Å². The summed E-state index contributed by atoms with van der Waals surface area (Å²) in [4.78, 5) is 10.2. The Kier molecular flexibility index (Phi) is 12.3. The molecule has 0 aromatic rings. The van der Waals surface area contributed by atoms with E-state index in [0.717, 1.165) is 13.0 Å². The van der Waals surface area contributed by atoms with Crippen LogP contribution in [-0.4, -0.2) is 50.7 Å². The SMILES string of the molecule is CC(C)CCOCCOCCOCCCC(=O)O. The average Bonchev–Trinajstić information content (AvgIpc) is 2.29. The second-order valence-electron chi connectivity index (χ2n) is 4.52. The van der Waals surface area contributed by atoms with Gasteiger partial charge in [-0.1, -0.05) is 13.8 Å². The van der Waals surface area contributed by atoms with Crippen molar-refractivity contribution in [2.24, 2.45) is 5.92 Å². The standard InChI is InChI=1S/C13H26O5/c1-12(2)5-7-17-9-11-18-10-8-16-6-3-4-13(14)15/h12H,3-11H2,1-2H3,(H,14,15). The Morgan fingerprint density at radius 3 is 1.94 bits per heavy atom. The number of rotatable bonds is 13. The molecule has 0 aliphatic carbocycles. The molecular weight excluding hydrogens is 236 g/mol. The number of hydrogen-bond donors (Lipinski definition) is 1. The van der Waals surface area contributed by atoms with Gasteiger partial charge in [0, 0.05) is 19.6 Å². The molecule has 0 aliphatic rings. The lowest BCUT2D eigenvalue weighted by atomic mass is 10.1. The lowest BCUT2D eigenvalue weighted by Gasteiger charge is -2.07. The summed E-state index contributed by atoms with van der Waals surface area (Å²) in [6, 6.07) is 0. The molecule has 0 amide bonds. The number of aliphatic carboxylic acids is 1. The van der Waals surface area contributed by atoms with E-state index in [9.17, 15) is 4.79 Å². The largest absolute Gasteiger partial charge is 0.481 e. The van der Waals surface area contributed by atoms with Gasteiger partial charge < -0.3 is 19.3 Å². The highest BCUT2D eigenvalue weighted by atomic mass is 16.5. The smallest absolute Gasteiger partial charge is 0.303 e. The first kappa shape index (κ1) is 17.4. The first-order chi connectivity index (χ1) is 8.63. The van der Waals surface area contributed by atoms with Gasteiger partial charge in [-0.2, -0.15) is 0 Å². The van der Waals surface area contributed by atoms with E-state index in [1.54, 1.807) is 0 Å². The first-order valence-electron chi connectivity index (χ1n) is 6.58. The van der Waals surface area contributed by atoms with E-state index in [0.29, 0.717) is 45.4 Å². The molecule has 0 atom stereocenters. The fraction of sp³-hybridized carbons (Fsp3) is 0.923. The Labute approximate surface area is 109 Å². The maximum absolute atomic E-state index is 10.2. The summed E-state index contributed by atoms with van der Waals surface area (Å²) >= 11 is 0. The van der Waals surface area contributed by atoms with Crippen LogP contribution in [0.1, 0.15) is 33.1 Å². The fourth-order valence-corrected chi connectivity index (χ4v) is 1.19. The minimum atomic E-state index is -0.784. The van der Waals surface area contributed by atoms with E-state index < -0.39 is 5.97 Å². The van der Waals surface area contributed by atoms with Crippen LogP contribution < -0.4 is 0 Å². The van der Waals surface area contributed by atoms with Crippen LogP contribution in [0.2, 0.25) is 0 Å². The summed E-state index contributed by atoms with van der Waals surface area (Å²) in [7, 11) is 0.